The van der Waals surface area contributed by atoms with Crippen molar-refractivity contribution >= 4 is 0 Å². The molecular formula is C23H38. The van der Waals surface area contributed by atoms with Crippen LogP contribution in [0, 0.1) is 11.8 Å². The Hall–Kier alpha value is -1.30. The van der Waals surface area contributed by atoms with Gasteiger partial charge in [0.15, 0.2) is 0 Å². The fraction of sp³-hybridized carbons (Fsp3) is 0.565. The zero-order valence-corrected chi connectivity index (χ0v) is 16.0. The van der Waals surface area contributed by atoms with Gasteiger partial charge in [-0.2, -0.15) is 0 Å². The van der Waals surface area contributed by atoms with Crippen LogP contribution in [0.3, 0.4) is 0 Å². The summed E-state index contributed by atoms with van der Waals surface area (Å²) in [6.45, 7) is 21.3. The van der Waals surface area contributed by atoms with E-state index in [-0.39, 0.29) is 0 Å². The quantitative estimate of drug-likeness (QED) is 0.240. The number of unbranched alkanes of at least 4 members (excludes halogenated alkanes) is 4. The highest BCUT2D eigenvalue weighted by molar-refractivity contribution is 5.29. The lowest BCUT2D eigenvalue weighted by Crippen LogP contribution is -2.08. The summed E-state index contributed by atoms with van der Waals surface area (Å²) in [5.74, 6) is 0.986. The molecule has 0 radical (unpaired) electrons. The maximum Gasteiger partial charge on any atom is -0.0185 e. The highest BCUT2D eigenvalue weighted by Gasteiger charge is 2.15. The van der Waals surface area contributed by atoms with Crippen molar-refractivity contribution in [3.63, 3.8) is 0 Å². The largest absolute Gasteiger partial charge is 0.0991 e. The first kappa shape index (κ1) is 21.7. The average molecular weight is 315 g/mol. The van der Waals surface area contributed by atoms with Crippen molar-refractivity contribution in [2.75, 3.05) is 0 Å². The standard InChI is InChI=1S/C23H38/c1-8-11-12-13-14-17-19(4)22(7)20(5)18-21(6)23(15-9-2)16-10-3/h9-10,15-16,20-21H,2,4,7-8,11-14,17-18H2,1,3,5-6H3/b16-10-,23-15+. The smallest absolute Gasteiger partial charge is 0.0185 e. The molecule has 2 unspecified atom stereocenters. The first-order chi connectivity index (χ1) is 11.0. The van der Waals surface area contributed by atoms with Gasteiger partial charge in [-0.25, -0.2) is 0 Å². The van der Waals surface area contributed by atoms with Crippen molar-refractivity contribution in [1.29, 1.82) is 0 Å². The third-order valence-electron chi connectivity index (χ3n) is 4.58. The molecule has 0 heteroatoms. The SMILES string of the molecule is C=C/C=C(\C=C/C)C(C)CC(C)C(=C)C(=C)CCCCCCC. The molecule has 0 spiro atoms. The predicted molar refractivity (Wildman–Crippen MR) is 108 cm³/mol. The summed E-state index contributed by atoms with van der Waals surface area (Å²) in [5, 5.41) is 0. The van der Waals surface area contributed by atoms with E-state index in [1.807, 2.05) is 6.08 Å². The fourth-order valence-corrected chi connectivity index (χ4v) is 2.97. The number of rotatable bonds is 13. The third-order valence-corrected chi connectivity index (χ3v) is 4.58. The summed E-state index contributed by atoms with van der Waals surface area (Å²) < 4.78 is 0. The van der Waals surface area contributed by atoms with Crippen LogP contribution in [-0.2, 0) is 0 Å². The minimum absolute atomic E-state index is 0.478. The van der Waals surface area contributed by atoms with E-state index in [4.69, 9.17) is 0 Å². The summed E-state index contributed by atoms with van der Waals surface area (Å²) in [5.41, 5.74) is 3.83. The zero-order chi connectivity index (χ0) is 17.7. The molecule has 0 N–H and O–H groups in total. The number of hydrogen-bond donors (Lipinski definition) is 0. The van der Waals surface area contributed by atoms with Gasteiger partial charge in [-0.1, -0.05) is 96.1 Å². The molecule has 0 aliphatic carbocycles. The van der Waals surface area contributed by atoms with Crippen LogP contribution >= 0.6 is 0 Å². The topological polar surface area (TPSA) is 0 Å². The third kappa shape index (κ3) is 9.43. The minimum atomic E-state index is 0.478. The Bertz CT molecular complexity index is 419. The monoisotopic (exact) mass is 314 g/mol. The Kier molecular flexibility index (Phi) is 12.4. The van der Waals surface area contributed by atoms with Gasteiger partial charge in [0, 0.05) is 0 Å². The Labute approximate surface area is 145 Å². The second-order valence-corrected chi connectivity index (χ2v) is 6.73. The molecule has 0 saturated carbocycles. The molecule has 130 valence electrons. The highest BCUT2D eigenvalue weighted by atomic mass is 14.2. The Balaban J connectivity index is 4.39. The van der Waals surface area contributed by atoms with Gasteiger partial charge in [-0.3, -0.25) is 0 Å². The highest BCUT2D eigenvalue weighted by Crippen LogP contribution is 2.29. The first-order valence-electron chi connectivity index (χ1n) is 9.30. The maximum absolute atomic E-state index is 4.32. The maximum atomic E-state index is 4.32. The van der Waals surface area contributed by atoms with Crippen LogP contribution in [0.25, 0.3) is 0 Å². The van der Waals surface area contributed by atoms with E-state index >= 15 is 0 Å². The van der Waals surface area contributed by atoms with E-state index in [0.717, 1.165) is 12.8 Å². The van der Waals surface area contributed by atoms with Gasteiger partial charge in [-0.15, -0.1) is 0 Å². The van der Waals surface area contributed by atoms with Crippen LogP contribution in [0.15, 0.2) is 60.8 Å². The fourth-order valence-electron chi connectivity index (χ4n) is 2.97. The summed E-state index contributed by atoms with van der Waals surface area (Å²) in [6.07, 6.45) is 17.1. The van der Waals surface area contributed by atoms with Crippen LogP contribution in [0.2, 0.25) is 0 Å². The molecule has 0 aromatic rings. The molecule has 0 aliphatic rings. The lowest BCUT2D eigenvalue weighted by atomic mass is 9.83. The summed E-state index contributed by atoms with van der Waals surface area (Å²) >= 11 is 0. The van der Waals surface area contributed by atoms with Crippen molar-refractivity contribution < 1.29 is 0 Å². The second kappa shape index (κ2) is 13.2. The number of hydrogen-bond acceptors (Lipinski definition) is 0. The lowest BCUT2D eigenvalue weighted by Gasteiger charge is -2.22. The summed E-state index contributed by atoms with van der Waals surface area (Å²) in [7, 11) is 0. The Morgan fingerprint density at radius 3 is 2.22 bits per heavy atom. The van der Waals surface area contributed by atoms with Gasteiger partial charge in [0.2, 0.25) is 0 Å². The average Bonchev–Trinajstić information content (AvgIpc) is 2.53. The molecule has 0 rings (SSSR count). The molecule has 0 saturated heterocycles. The van der Waals surface area contributed by atoms with Gasteiger partial charge < -0.3 is 0 Å². The van der Waals surface area contributed by atoms with Crippen LogP contribution < -0.4 is 0 Å². The van der Waals surface area contributed by atoms with Crippen molar-refractivity contribution in [3.8, 4) is 0 Å². The molecule has 0 bridgehead atoms. The van der Waals surface area contributed by atoms with E-state index in [1.165, 1.54) is 48.8 Å². The van der Waals surface area contributed by atoms with Crippen LogP contribution in [0.1, 0.15) is 72.6 Å². The van der Waals surface area contributed by atoms with Gasteiger partial charge in [-0.05, 0) is 49.2 Å². The van der Waals surface area contributed by atoms with E-state index < -0.39 is 0 Å². The van der Waals surface area contributed by atoms with Gasteiger partial charge in [0.1, 0.15) is 0 Å². The number of allylic oxidation sites excluding steroid dienone is 7. The van der Waals surface area contributed by atoms with Gasteiger partial charge in [0.25, 0.3) is 0 Å². The molecule has 0 aromatic carbocycles. The molecule has 2 atom stereocenters. The molecule has 0 aliphatic heterocycles. The molecule has 0 heterocycles. The summed E-state index contributed by atoms with van der Waals surface area (Å²) in [4.78, 5) is 0. The molecule has 0 aromatic heterocycles. The molecule has 0 fully saturated rings. The molecule has 0 nitrogen and oxygen atoms in total. The van der Waals surface area contributed by atoms with Crippen molar-refractivity contribution in [2.45, 2.75) is 72.6 Å². The predicted octanol–water partition coefficient (Wildman–Crippen LogP) is 7.81. The second-order valence-electron chi connectivity index (χ2n) is 6.73. The first-order valence-corrected chi connectivity index (χ1v) is 9.30. The van der Waals surface area contributed by atoms with Crippen molar-refractivity contribution in [2.24, 2.45) is 11.8 Å². The van der Waals surface area contributed by atoms with Crippen LogP contribution in [0.4, 0.5) is 0 Å². The lowest BCUT2D eigenvalue weighted by molar-refractivity contribution is 0.511. The molecular weight excluding hydrogens is 276 g/mol. The van der Waals surface area contributed by atoms with E-state index in [0.29, 0.717) is 11.8 Å². The van der Waals surface area contributed by atoms with Crippen molar-refractivity contribution in [1.82, 2.24) is 0 Å². The van der Waals surface area contributed by atoms with Crippen LogP contribution in [-0.4, -0.2) is 0 Å². The van der Waals surface area contributed by atoms with E-state index in [1.54, 1.807) is 0 Å². The van der Waals surface area contributed by atoms with Gasteiger partial charge >= 0.3 is 0 Å². The minimum Gasteiger partial charge on any atom is -0.0991 e. The normalized spacial score (nSPS) is 14.7. The van der Waals surface area contributed by atoms with Gasteiger partial charge in [0.05, 0.1) is 0 Å². The zero-order valence-electron chi connectivity index (χ0n) is 16.0. The van der Waals surface area contributed by atoms with Crippen molar-refractivity contribution in [3.05, 3.63) is 60.8 Å². The van der Waals surface area contributed by atoms with E-state index in [2.05, 4.69) is 65.7 Å². The van der Waals surface area contributed by atoms with Crippen LogP contribution in [0.5, 0.6) is 0 Å². The summed E-state index contributed by atoms with van der Waals surface area (Å²) in [6, 6.07) is 0. The Morgan fingerprint density at radius 1 is 1.00 bits per heavy atom. The Morgan fingerprint density at radius 2 is 1.65 bits per heavy atom. The van der Waals surface area contributed by atoms with E-state index in [9.17, 15) is 0 Å². The molecule has 23 heavy (non-hydrogen) atoms. The molecule has 0 amide bonds.